The Bertz CT molecular complexity index is 286. The van der Waals surface area contributed by atoms with Crippen LogP contribution in [0.25, 0.3) is 0 Å². The molecule has 16 heavy (non-hydrogen) atoms. The molecule has 0 aromatic carbocycles. The largest absolute Gasteiger partial charge is 0.396 e. The molecule has 0 amide bonds. The van der Waals surface area contributed by atoms with Gasteiger partial charge in [0.25, 0.3) is 0 Å². The van der Waals surface area contributed by atoms with Crippen LogP contribution in [0.15, 0.2) is 17.5 Å². The number of aliphatic hydroxyl groups is 1. The Labute approximate surface area is 103 Å². The minimum absolute atomic E-state index is 0.0609. The van der Waals surface area contributed by atoms with Crippen LogP contribution in [0.4, 0.5) is 0 Å². The third kappa shape index (κ3) is 4.24. The van der Waals surface area contributed by atoms with Crippen molar-refractivity contribution in [1.29, 1.82) is 0 Å². The lowest BCUT2D eigenvalue weighted by atomic mass is 9.93. The molecule has 92 valence electrons. The van der Waals surface area contributed by atoms with Crippen molar-refractivity contribution in [3.63, 3.8) is 0 Å². The number of hydrogen-bond acceptors (Lipinski definition) is 3. The first-order valence-electron chi connectivity index (χ1n) is 6.00. The number of nitrogens with one attached hydrogen (secondary N) is 1. The molecule has 3 heteroatoms. The van der Waals surface area contributed by atoms with Gasteiger partial charge in [-0.05, 0) is 44.6 Å². The third-order valence-electron chi connectivity index (χ3n) is 3.13. The first kappa shape index (κ1) is 13.7. The van der Waals surface area contributed by atoms with Crippen molar-refractivity contribution in [2.75, 3.05) is 6.61 Å². The second-order valence-electron chi connectivity index (χ2n) is 4.72. The van der Waals surface area contributed by atoms with Crippen LogP contribution in [0.2, 0.25) is 0 Å². The van der Waals surface area contributed by atoms with E-state index in [4.69, 9.17) is 5.11 Å². The molecule has 1 heterocycles. The summed E-state index contributed by atoms with van der Waals surface area (Å²) >= 11 is 1.81. The van der Waals surface area contributed by atoms with Crippen molar-refractivity contribution in [2.24, 2.45) is 0 Å². The molecule has 0 saturated heterocycles. The maximum atomic E-state index is 9.06. The molecular formula is C13H23NOS. The molecule has 0 saturated carbocycles. The van der Waals surface area contributed by atoms with E-state index in [2.05, 4.69) is 43.6 Å². The Morgan fingerprint density at radius 1 is 1.56 bits per heavy atom. The van der Waals surface area contributed by atoms with E-state index in [0.29, 0.717) is 6.04 Å². The molecule has 1 aromatic rings. The summed E-state index contributed by atoms with van der Waals surface area (Å²) in [4.78, 5) is 1.42. The molecule has 0 fully saturated rings. The highest BCUT2D eigenvalue weighted by Crippen LogP contribution is 2.17. The van der Waals surface area contributed by atoms with Crippen molar-refractivity contribution < 1.29 is 5.11 Å². The lowest BCUT2D eigenvalue weighted by Gasteiger charge is -2.32. The van der Waals surface area contributed by atoms with E-state index >= 15 is 0 Å². The minimum atomic E-state index is 0.0609. The SMILES string of the molecule is CCC(C)(CCO)NC(C)Cc1cccs1. The summed E-state index contributed by atoms with van der Waals surface area (Å²) in [5, 5.41) is 14.8. The van der Waals surface area contributed by atoms with Crippen molar-refractivity contribution in [1.82, 2.24) is 5.32 Å². The van der Waals surface area contributed by atoms with E-state index in [9.17, 15) is 0 Å². The quantitative estimate of drug-likeness (QED) is 0.769. The molecule has 2 N–H and O–H groups in total. The van der Waals surface area contributed by atoms with Crippen LogP contribution in [-0.2, 0) is 6.42 Å². The maximum Gasteiger partial charge on any atom is 0.0448 e. The topological polar surface area (TPSA) is 32.3 Å². The summed E-state index contributed by atoms with van der Waals surface area (Å²) in [6, 6.07) is 4.73. The zero-order valence-corrected chi connectivity index (χ0v) is 11.3. The van der Waals surface area contributed by atoms with Crippen LogP contribution in [0.1, 0.15) is 38.5 Å². The molecule has 2 nitrogen and oxygen atoms in total. The summed E-state index contributed by atoms with van der Waals surface area (Å²) in [6.07, 6.45) is 2.93. The Kier molecular flexibility index (Phi) is 5.46. The molecule has 0 aliphatic heterocycles. The summed E-state index contributed by atoms with van der Waals surface area (Å²) in [6.45, 7) is 6.82. The van der Waals surface area contributed by atoms with Gasteiger partial charge in [0, 0.05) is 23.1 Å². The fourth-order valence-corrected chi connectivity index (χ4v) is 2.81. The summed E-state index contributed by atoms with van der Waals surface area (Å²) in [5.74, 6) is 0. The van der Waals surface area contributed by atoms with Crippen molar-refractivity contribution in [2.45, 2.75) is 51.6 Å². The Balaban J connectivity index is 2.45. The van der Waals surface area contributed by atoms with Gasteiger partial charge in [0.2, 0.25) is 0 Å². The van der Waals surface area contributed by atoms with Crippen LogP contribution in [0, 0.1) is 0 Å². The van der Waals surface area contributed by atoms with E-state index < -0.39 is 0 Å². The summed E-state index contributed by atoms with van der Waals surface area (Å²) in [7, 11) is 0. The van der Waals surface area contributed by atoms with Crippen LogP contribution in [-0.4, -0.2) is 23.3 Å². The molecule has 0 radical (unpaired) electrons. The van der Waals surface area contributed by atoms with E-state index in [1.165, 1.54) is 4.88 Å². The monoisotopic (exact) mass is 241 g/mol. The fourth-order valence-electron chi connectivity index (χ4n) is 1.97. The van der Waals surface area contributed by atoms with E-state index in [1.54, 1.807) is 0 Å². The zero-order valence-electron chi connectivity index (χ0n) is 10.5. The van der Waals surface area contributed by atoms with Gasteiger partial charge in [0.05, 0.1) is 0 Å². The molecule has 1 rings (SSSR count). The van der Waals surface area contributed by atoms with Gasteiger partial charge in [-0.25, -0.2) is 0 Å². The molecule has 0 aliphatic carbocycles. The minimum Gasteiger partial charge on any atom is -0.396 e. The Hall–Kier alpha value is -0.380. The van der Waals surface area contributed by atoms with Gasteiger partial charge in [0.15, 0.2) is 0 Å². The van der Waals surface area contributed by atoms with Crippen LogP contribution in [0.5, 0.6) is 0 Å². The first-order valence-corrected chi connectivity index (χ1v) is 6.88. The van der Waals surface area contributed by atoms with Gasteiger partial charge in [-0.1, -0.05) is 13.0 Å². The van der Waals surface area contributed by atoms with Crippen LogP contribution < -0.4 is 5.32 Å². The highest BCUT2D eigenvalue weighted by molar-refractivity contribution is 7.09. The van der Waals surface area contributed by atoms with Gasteiger partial charge < -0.3 is 10.4 Å². The first-order chi connectivity index (χ1) is 7.59. The lowest BCUT2D eigenvalue weighted by Crippen LogP contribution is -2.48. The van der Waals surface area contributed by atoms with E-state index in [1.807, 2.05) is 11.3 Å². The predicted octanol–water partition coefficient (Wildman–Crippen LogP) is 2.82. The van der Waals surface area contributed by atoms with Crippen LogP contribution >= 0.6 is 11.3 Å². The number of hydrogen-bond donors (Lipinski definition) is 2. The molecule has 0 bridgehead atoms. The molecule has 0 aliphatic rings. The van der Waals surface area contributed by atoms with E-state index in [0.717, 1.165) is 19.3 Å². The van der Waals surface area contributed by atoms with Gasteiger partial charge >= 0.3 is 0 Å². The fraction of sp³-hybridized carbons (Fsp3) is 0.692. The maximum absolute atomic E-state index is 9.06. The third-order valence-corrected chi connectivity index (χ3v) is 4.02. The predicted molar refractivity (Wildman–Crippen MR) is 71.0 cm³/mol. The molecule has 2 atom stereocenters. The number of thiophene rings is 1. The average molecular weight is 241 g/mol. The average Bonchev–Trinajstić information content (AvgIpc) is 2.70. The standard InChI is InChI=1S/C13H23NOS/c1-4-13(3,7-8-15)14-11(2)10-12-6-5-9-16-12/h5-6,9,11,14-15H,4,7-8,10H2,1-3H3. The second-order valence-corrected chi connectivity index (χ2v) is 5.75. The highest BCUT2D eigenvalue weighted by atomic mass is 32.1. The normalized spacial score (nSPS) is 17.0. The van der Waals surface area contributed by atoms with Gasteiger partial charge in [-0.2, -0.15) is 0 Å². The van der Waals surface area contributed by atoms with E-state index in [-0.39, 0.29) is 12.1 Å². The highest BCUT2D eigenvalue weighted by Gasteiger charge is 2.23. The molecular weight excluding hydrogens is 218 g/mol. The Morgan fingerprint density at radius 3 is 2.81 bits per heavy atom. The summed E-state index contributed by atoms with van der Waals surface area (Å²) in [5.41, 5.74) is 0.0609. The number of aliphatic hydroxyl groups excluding tert-OH is 1. The second kappa shape index (κ2) is 6.38. The summed E-state index contributed by atoms with van der Waals surface area (Å²) < 4.78 is 0. The van der Waals surface area contributed by atoms with Crippen molar-refractivity contribution in [3.05, 3.63) is 22.4 Å². The van der Waals surface area contributed by atoms with Crippen molar-refractivity contribution >= 4 is 11.3 Å². The number of rotatable bonds is 7. The van der Waals surface area contributed by atoms with Gasteiger partial charge in [-0.15, -0.1) is 11.3 Å². The Morgan fingerprint density at radius 2 is 2.31 bits per heavy atom. The molecule has 2 unspecified atom stereocenters. The molecule has 1 aromatic heterocycles. The van der Waals surface area contributed by atoms with Gasteiger partial charge in [0.1, 0.15) is 0 Å². The lowest BCUT2D eigenvalue weighted by molar-refractivity contribution is 0.204. The molecule has 0 spiro atoms. The van der Waals surface area contributed by atoms with Crippen LogP contribution in [0.3, 0.4) is 0 Å². The zero-order chi connectivity index (χ0) is 12.0. The van der Waals surface area contributed by atoms with Gasteiger partial charge in [-0.3, -0.25) is 0 Å². The smallest absolute Gasteiger partial charge is 0.0448 e. The van der Waals surface area contributed by atoms with Crippen molar-refractivity contribution in [3.8, 4) is 0 Å².